The van der Waals surface area contributed by atoms with Crippen LogP contribution in [0, 0.1) is 0 Å². The average molecular weight is 302 g/mol. The fraction of sp³-hybridized carbons (Fsp3) is 0.133. The Morgan fingerprint density at radius 3 is 2.68 bits per heavy atom. The molecule has 0 saturated carbocycles. The van der Waals surface area contributed by atoms with Crippen LogP contribution in [-0.2, 0) is 4.84 Å². The number of methoxy groups -OCH3 is 2. The number of benzene rings is 1. The third kappa shape index (κ3) is 3.51. The number of carbonyl (C=O) groups is 1. The molecular formula is C15H16N3O4+. The van der Waals surface area contributed by atoms with Gasteiger partial charge in [0, 0.05) is 12.1 Å². The summed E-state index contributed by atoms with van der Waals surface area (Å²) in [5.74, 6) is 0.294. The maximum absolute atomic E-state index is 12.0. The van der Waals surface area contributed by atoms with E-state index in [0.717, 1.165) is 0 Å². The van der Waals surface area contributed by atoms with Crippen molar-refractivity contribution >= 4 is 11.8 Å². The second kappa shape index (κ2) is 7.07. The van der Waals surface area contributed by atoms with Crippen LogP contribution in [0.4, 0.5) is 0 Å². The molecular weight excluding hydrogens is 286 g/mol. The molecule has 7 nitrogen and oxygen atoms in total. The predicted octanol–water partition coefficient (Wildman–Crippen LogP) is 0.995. The molecule has 0 aliphatic rings. The van der Waals surface area contributed by atoms with Gasteiger partial charge >= 0.3 is 5.97 Å². The first kappa shape index (κ1) is 15.3. The Morgan fingerprint density at radius 2 is 2.05 bits per heavy atom. The monoisotopic (exact) mass is 302 g/mol. The fourth-order valence-corrected chi connectivity index (χ4v) is 1.71. The number of nitrogens with zero attached hydrogens (tertiary/aromatic N) is 1. The van der Waals surface area contributed by atoms with Gasteiger partial charge in [0.15, 0.2) is 18.2 Å². The Kier molecular flexibility index (Phi) is 4.92. The van der Waals surface area contributed by atoms with E-state index < -0.39 is 5.97 Å². The molecule has 0 amide bonds. The number of carbonyl (C=O) groups excluding carboxylic acids is 1. The number of pyridine rings is 1. The van der Waals surface area contributed by atoms with Crippen LogP contribution in [0.2, 0.25) is 0 Å². The molecule has 0 aliphatic heterocycles. The van der Waals surface area contributed by atoms with E-state index in [-0.39, 0.29) is 11.4 Å². The molecule has 7 heteroatoms. The second-order valence-corrected chi connectivity index (χ2v) is 4.21. The largest absolute Gasteiger partial charge is 0.497 e. The summed E-state index contributed by atoms with van der Waals surface area (Å²) in [5.41, 5.74) is 6.57. The number of hydrogen-bond acceptors (Lipinski definition) is 5. The zero-order valence-electron chi connectivity index (χ0n) is 12.2. The van der Waals surface area contributed by atoms with Crippen molar-refractivity contribution < 1.29 is 24.1 Å². The number of H-pyrrole nitrogens is 1. The summed E-state index contributed by atoms with van der Waals surface area (Å²) >= 11 is 0. The molecule has 1 aromatic heterocycles. The van der Waals surface area contributed by atoms with Gasteiger partial charge in [0.05, 0.1) is 19.8 Å². The van der Waals surface area contributed by atoms with Gasteiger partial charge in [-0.3, -0.25) is 0 Å². The third-order valence-electron chi connectivity index (χ3n) is 2.86. The van der Waals surface area contributed by atoms with Crippen molar-refractivity contribution in [3.05, 3.63) is 53.9 Å². The highest BCUT2D eigenvalue weighted by atomic mass is 16.7. The lowest BCUT2D eigenvalue weighted by Gasteiger charge is -2.08. The van der Waals surface area contributed by atoms with Gasteiger partial charge < -0.3 is 20.0 Å². The third-order valence-corrected chi connectivity index (χ3v) is 2.86. The standard InChI is InChI=1S/C15H15N3O4/c1-20-11-5-6-12(13(8-11)21-2)15(19)22-18-14(16)10-4-3-7-17-9-10/h3-9H,1-2H3,(H2,16,18)/p+1. The number of oxime groups is 1. The van der Waals surface area contributed by atoms with Crippen LogP contribution in [0.3, 0.4) is 0 Å². The minimum Gasteiger partial charge on any atom is -0.497 e. The summed E-state index contributed by atoms with van der Waals surface area (Å²) in [6.07, 6.45) is 3.37. The van der Waals surface area contributed by atoms with Crippen molar-refractivity contribution in [3.8, 4) is 11.5 Å². The van der Waals surface area contributed by atoms with Crippen molar-refractivity contribution in [2.45, 2.75) is 0 Å². The second-order valence-electron chi connectivity index (χ2n) is 4.21. The lowest BCUT2D eigenvalue weighted by atomic mass is 10.2. The van der Waals surface area contributed by atoms with Crippen molar-refractivity contribution in [3.63, 3.8) is 0 Å². The Bertz CT molecular complexity index is 686. The molecule has 2 rings (SSSR count). The maximum Gasteiger partial charge on any atom is 0.369 e. The molecule has 1 heterocycles. The molecule has 0 spiro atoms. The number of nitrogens with two attached hydrogens (primary N) is 1. The number of aromatic nitrogens is 1. The quantitative estimate of drug-likeness (QED) is 0.384. The zero-order chi connectivity index (χ0) is 15.9. The summed E-state index contributed by atoms with van der Waals surface area (Å²) in [5, 5.41) is 3.63. The van der Waals surface area contributed by atoms with Crippen LogP contribution in [0.1, 0.15) is 15.9 Å². The van der Waals surface area contributed by atoms with Crippen LogP contribution in [0.5, 0.6) is 11.5 Å². The molecule has 0 aliphatic carbocycles. The molecule has 3 N–H and O–H groups in total. The van der Waals surface area contributed by atoms with Gasteiger partial charge in [0.25, 0.3) is 0 Å². The number of nitrogens with one attached hydrogen (secondary N) is 1. The first-order chi connectivity index (χ1) is 10.7. The normalized spacial score (nSPS) is 10.9. The molecule has 114 valence electrons. The zero-order valence-corrected chi connectivity index (χ0v) is 12.2. The van der Waals surface area contributed by atoms with Crippen molar-refractivity contribution in [1.82, 2.24) is 0 Å². The lowest BCUT2D eigenvalue weighted by Crippen LogP contribution is -2.17. The van der Waals surface area contributed by atoms with E-state index in [9.17, 15) is 4.79 Å². The number of rotatable bonds is 5. The molecule has 0 unspecified atom stereocenters. The number of ether oxygens (including phenoxy) is 2. The molecule has 0 bridgehead atoms. The Morgan fingerprint density at radius 1 is 1.23 bits per heavy atom. The van der Waals surface area contributed by atoms with Gasteiger partial charge in [-0.1, -0.05) is 5.16 Å². The summed E-state index contributed by atoms with van der Waals surface area (Å²) in [4.78, 5) is 19.8. The van der Waals surface area contributed by atoms with E-state index in [1.165, 1.54) is 20.3 Å². The SMILES string of the molecule is COc1ccc(C(=O)ON=C(N)c2ccc[nH+]c2)c(OC)c1. The first-order valence-electron chi connectivity index (χ1n) is 6.39. The van der Waals surface area contributed by atoms with Crippen LogP contribution in [0.25, 0.3) is 0 Å². The van der Waals surface area contributed by atoms with E-state index in [2.05, 4.69) is 10.1 Å². The molecule has 0 fully saturated rings. The van der Waals surface area contributed by atoms with Gasteiger partial charge in [-0.25, -0.2) is 9.78 Å². The number of aromatic amines is 1. The fourth-order valence-electron chi connectivity index (χ4n) is 1.71. The van der Waals surface area contributed by atoms with E-state index in [1.54, 1.807) is 36.7 Å². The van der Waals surface area contributed by atoms with Gasteiger partial charge in [-0.05, 0) is 18.2 Å². The summed E-state index contributed by atoms with van der Waals surface area (Å²) < 4.78 is 10.2. The number of hydrogen-bond donors (Lipinski definition) is 1. The minimum absolute atomic E-state index is 0.0812. The van der Waals surface area contributed by atoms with Gasteiger partial charge in [0.2, 0.25) is 0 Å². The average Bonchev–Trinajstić information content (AvgIpc) is 2.59. The predicted molar refractivity (Wildman–Crippen MR) is 78.7 cm³/mol. The Hall–Kier alpha value is -3.09. The topological polar surface area (TPSA) is 97.3 Å². The summed E-state index contributed by atoms with van der Waals surface area (Å²) in [6.45, 7) is 0. The Labute approximate surface area is 127 Å². The summed E-state index contributed by atoms with van der Waals surface area (Å²) in [6, 6.07) is 8.22. The first-order valence-corrected chi connectivity index (χ1v) is 6.39. The highest BCUT2D eigenvalue weighted by Crippen LogP contribution is 2.25. The van der Waals surface area contributed by atoms with Gasteiger partial charge in [-0.2, -0.15) is 0 Å². The minimum atomic E-state index is -0.678. The van der Waals surface area contributed by atoms with E-state index in [4.69, 9.17) is 20.0 Å². The van der Waals surface area contributed by atoms with Gasteiger partial charge in [-0.15, -0.1) is 0 Å². The van der Waals surface area contributed by atoms with Crippen LogP contribution < -0.4 is 20.2 Å². The molecule has 0 saturated heterocycles. The van der Waals surface area contributed by atoms with E-state index in [0.29, 0.717) is 17.1 Å². The highest BCUT2D eigenvalue weighted by Gasteiger charge is 2.15. The molecule has 2 aromatic rings. The van der Waals surface area contributed by atoms with Crippen LogP contribution >= 0.6 is 0 Å². The number of amidine groups is 1. The Balaban J connectivity index is 2.16. The van der Waals surface area contributed by atoms with Crippen molar-refractivity contribution in [2.24, 2.45) is 10.9 Å². The van der Waals surface area contributed by atoms with Crippen molar-refractivity contribution in [2.75, 3.05) is 14.2 Å². The van der Waals surface area contributed by atoms with E-state index >= 15 is 0 Å². The highest BCUT2D eigenvalue weighted by molar-refractivity contribution is 5.98. The summed E-state index contributed by atoms with van der Waals surface area (Å²) in [7, 11) is 2.97. The molecule has 0 atom stereocenters. The van der Waals surface area contributed by atoms with Crippen LogP contribution in [-0.4, -0.2) is 26.0 Å². The lowest BCUT2D eigenvalue weighted by molar-refractivity contribution is -0.378. The smallest absolute Gasteiger partial charge is 0.369 e. The van der Waals surface area contributed by atoms with Gasteiger partial charge in [0.1, 0.15) is 17.1 Å². The molecule has 0 radical (unpaired) electrons. The molecule has 22 heavy (non-hydrogen) atoms. The van der Waals surface area contributed by atoms with E-state index in [1.807, 2.05) is 0 Å². The van der Waals surface area contributed by atoms with Crippen molar-refractivity contribution in [1.29, 1.82) is 0 Å². The molecule has 1 aromatic carbocycles. The van der Waals surface area contributed by atoms with Crippen LogP contribution in [0.15, 0.2) is 47.9 Å². The maximum atomic E-state index is 12.0.